The highest BCUT2D eigenvalue weighted by atomic mass is 19.3. The maximum Gasteiger partial charge on any atom is 0.299 e. The molecule has 24 heavy (non-hydrogen) atoms. The van der Waals surface area contributed by atoms with Crippen LogP contribution in [0.4, 0.5) is 26.0 Å². The Labute approximate surface area is 134 Å². The topological polar surface area (TPSA) is 75.4 Å². The van der Waals surface area contributed by atoms with Gasteiger partial charge in [0.2, 0.25) is 11.7 Å². The number of rotatable bonds is 3. The zero-order chi connectivity index (χ0) is 16.8. The Balaban J connectivity index is 1.66. The van der Waals surface area contributed by atoms with Crippen LogP contribution in [0.2, 0.25) is 0 Å². The molecule has 0 saturated carbocycles. The number of alkyl halides is 2. The predicted octanol–water partition coefficient (Wildman–Crippen LogP) is 2.32. The van der Waals surface area contributed by atoms with E-state index in [1.165, 1.54) is 0 Å². The Morgan fingerprint density at radius 3 is 2.83 bits per heavy atom. The standard InChI is InChI=1S/C15H12F2N6O/c1-22-10-3-2-9(6-8(10)7-13(22)24)18-11-4-5-12-19-20-15(14(16)17)23(12)21-11/h2-6,14H,7H2,1H3,(H,18,21). The quantitative estimate of drug-likeness (QED) is 0.798. The summed E-state index contributed by atoms with van der Waals surface area (Å²) in [5, 5.41) is 14.2. The van der Waals surface area contributed by atoms with Gasteiger partial charge >= 0.3 is 0 Å². The number of carbonyl (C=O) groups excluding carboxylic acids is 1. The molecule has 0 aliphatic carbocycles. The summed E-state index contributed by atoms with van der Waals surface area (Å²) in [5.74, 6) is -0.0931. The van der Waals surface area contributed by atoms with Crippen molar-refractivity contribution in [1.29, 1.82) is 0 Å². The van der Waals surface area contributed by atoms with Gasteiger partial charge in [-0.05, 0) is 35.9 Å². The molecule has 3 aromatic rings. The van der Waals surface area contributed by atoms with Gasteiger partial charge in [0.05, 0.1) is 6.42 Å². The summed E-state index contributed by atoms with van der Waals surface area (Å²) in [4.78, 5) is 13.3. The molecule has 1 amide bonds. The molecule has 1 aromatic carbocycles. The summed E-state index contributed by atoms with van der Waals surface area (Å²) in [6.07, 6.45) is -2.42. The molecule has 7 nitrogen and oxygen atoms in total. The van der Waals surface area contributed by atoms with Crippen molar-refractivity contribution in [2.75, 3.05) is 17.3 Å². The third-order valence-electron chi connectivity index (χ3n) is 3.91. The molecule has 0 unspecified atom stereocenters. The first-order chi connectivity index (χ1) is 11.5. The number of aromatic nitrogens is 4. The van der Waals surface area contributed by atoms with Crippen molar-refractivity contribution in [3.8, 4) is 0 Å². The molecule has 0 saturated heterocycles. The summed E-state index contributed by atoms with van der Waals surface area (Å²) < 4.78 is 26.8. The highest BCUT2D eigenvalue weighted by molar-refractivity contribution is 6.01. The number of halogens is 2. The highest BCUT2D eigenvalue weighted by Crippen LogP contribution is 2.30. The van der Waals surface area contributed by atoms with Crippen LogP contribution in [0, 0.1) is 0 Å². The third-order valence-corrected chi connectivity index (χ3v) is 3.91. The predicted molar refractivity (Wildman–Crippen MR) is 82.6 cm³/mol. The van der Waals surface area contributed by atoms with Crippen molar-refractivity contribution in [1.82, 2.24) is 19.8 Å². The average molecular weight is 330 g/mol. The van der Waals surface area contributed by atoms with E-state index in [0.717, 1.165) is 21.5 Å². The fraction of sp³-hybridized carbons (Fsp3) is 0.200. The number of hydrogen-bond acceptors (Lipinski definition) is 5. The second kappa shape index (κ2) is 5.22. The van der Waals surface area contributed by atoms with Crippen LogP contribution >= 0.6 is 0 Å². The van der Waals surface area contributed by atoms with E-state index < -0.39 is 12.2 Å². The van der Waals surface area contributed by atoms with Crippen LogP contribution in [0.1, 0.15) is 17.8 Å². The zero-order valence-corrected chi connectivity index (χ0v) is 12.6. The molecule has 2 aromatic heterocycles. The number of carbonyl (C=O) groups is 1. The van der Waals surface area contributed by atoms with E-state index in [4.69, 9.17) is 0 Å². The first-order valence-electron chi connectivity index (χ1n) is 7.20. The molecule has 1 aliphatic heterocycles. The van der Waals surface area contributed by atoms with E-state index in [9.17, 15) is 13.6 Å². The van der Waals surface area contributed by atoms with Gasteiger partial charge in [-0.25, -0.2) is 8.78 Å². The molecule has 1 N–H and O–H groups in total. The van der Waals surface area contributed by atoms with Crippen LogP contribution in [0.3, 0.4) is 0 Å². The van der Waals surface area contributed by atoms with Crippen LogP contribution in [0.25, 0.3) is 5.65 Å². The van der Waals surface area contributed by atoms with Crippen LogP contribution < -0.4 is 10.2 Å². The lowest BCUT2D eigenvalue weighted by Crippen LogP contribution is -2.20. The van der Waals surface area contributed by atoms with Gasteiger partial charge in [0.1, 0.15) is 0 Å². The van der Waals surface area contributed by atoms with Crippen molar-refractivity contribution >= 4 is 28.7 Å². The monoisotopic (exact) mass is 330 g/mol. The van der Waals surface area contributed by atoms with Gasteiger partial charge in [-0.2, -0.15) is 4.52 Å². The number of hydrogen-bond donors (Lipinski definition) is 1. The second-order valence-electron chi connectivity index (χ2n) is 5.45. The maximum atomic E-state index is 12.9. The fourth-order valence-corrected chi connectivity index (χ4v) is 2.70. The molecule has 1 aliphatic rings. The lowest BCUT2D eigenvalue weighted by atomic mass is 10.1. The normalized spacial score (nSPS) is 13.8. The van der Waals surface area contributed by atoms with Crippen LogP contribution in [-0.4, -0.2) is 32.8 Å². The zero-order valence-electron chi connectivity index (χ0n) is 12.6. The minimum atomic E-state index is -2.76. The van der Waals surface area contributed by atoms with Crippen molar-refractivity contribution in [2.45, 2.75) is 12.8 Å². The van der Waals surface area contributed by atoms with E-state index in [2.05, 4.69) is 20.6 Å². The summed E-state index contributed by atoms with van der Waals surface area (Å²) in [7, 11) is 1.73. The molecule has 0 spiro atoms. The Morgan fingerprint density at radius 2 is 2.04 bits per heavy atom. The Morgan fingerprint density at radius 1 is 1.21 bits per heavy atom. The Bertz CT molecular complexity index is 954. The fourth-order valence-electron chi connectivity index (χ4n) is 2.70. The molecule has 3 heterocycles. The minimum absolute atomic E-state index is 0.0350. The number of benzene rings is 1. The van der Waals surface area contributed by atoms with Crippen LogP contribution in [-0.2, 0) is 11.2 Å². The Kier molecular flexibility index (Phi) is 3.15. The smallest absolute Gasteiger partial charge is 0.299 e. The van der Waals surface area contributed by atoms with Crippen LogP contribution in [0.15, 0.2) is 30.3 Å². The molecule has 0 radical (unpaired) electrons. The number of nitrogens with one attached hydrogen (secondary N) is 1. The summed E-state index contributed by atoms with van der Waals surface area (Å²) in [6, 6.07) is 8.68. The number of fused-ring (bicyclic) bond motifs is 2. The summed E-state index contributed by atoms with van der Waals surface area (Å²) in [6.45, 7) is 0. The van der Waals surface area contributed by atoms with Crippen LogP contribution in [0.5, 0.6) is 0 Å². The number of nitrogens with zero attached hydrogens (tertiary/aromatic N) is 5. The lowest BCUT2D eigenvalue weighted by molar-refractivity contribution is -0.117. The molecule has 0 fully saturated rings. The van der Waals surface area contributed by atoms with Crippen molar-refractivity contribution in [3.63, 3.8) is 0 Å². The van der Waals surface area contributed by atoms with Gasteiger partial charge in [0, 0.05) is 18.4 Å². The van der Waals surface area contributed by atoms with Gasteiger partial charge in [0.25, 0.3) is 6.43 Å². The summed E-state index contributed by atoms with van der Waals surface area (Å²) in [5.41, 5.74) is 2.74. The second-order valence-corrected chi connectivity index (χ2v) is 5.45. The molecule has 0 bridgehead atoms. The lowest BCUT2D eigenvalue weighted by Gasteiger charge is -2.11. The average Bonchev–Trinajstić information content (AvgIpc) is 3.09. The Hall–Kier alpha value is -3.10. The molecule has 122 valence electrons. The van der Waals surface area contributed by atoms with Crippen molar-refractivity contribution in [3.05, 3.63) is 41.7 Å². The SMILES string of the molecule is CN1C(=O)Cc2cc(Nc3ccc4nnc(C(F)F)n4n3)ccc21. The molecular weight excluding hydrogens is 318 g/mol. The van der Waals surface area contributed by atoms with E-state index in [1.807, 2.05) is 12.1 Å². The van der Waals surface area contributed by atoms with Gasteiger partial charge in [-0.15, -0.1) is 15.3 Å². The molecule has 9 heteroatoms. The van der Waals surface area contributed by atoms with Crippen molar-refractivity contribution in [2.24, 2.45) is 0 Å². The van der Waals surface area contributed by atoms with E-state index in [-0.39, 0.29) is 11.6 Å². The number of amides is 1. The highest BCUT2D eigenvalue weighted by Gasteiger charge is 2.24. The third kappa shape index (κ3) is 2.25. The van der Waals surface area contributed by atoms with Gasteiger partial charge in [0.15, 0.2) is 11.5 Å². The van der Waals surface area contributed by atoms with Crippen molar-refractivity contribution < 1.29 is 13.6 Å². The minimum Gasteiger partial charge on any atom is -0.339 e. The van der Waals surface area contributed by atoms with E-state index in [1.54, 1.807) is 30.1 Å². The number of anilines is 3. The largest absolute Gasteiger partial charge is 0.339 e. The van der Waals surface area contributed by atoms with Gasteiger partial charge < -0.3 is 10.2 Å². The number of likely N-dealkylation sites (N-methyl/N-ethyl adjacent to an activating group) is 1. The van der Waals surface area contributed by atoms with Gasteiger partial charge in [-0.1, -0.05) is 0 Å². The van der Waals surface area contributed by atoms with E-state index in [0.29, 0.717) is 12.2 Å². The maximum absolute atomic E-state index is 12.9. The molecule has 4 rings (SSSR count). The first-order valence-corrected chi connectivity index (χ1v) is 7.20. The molecular formula is C15H12F2N6O. The first kappa shape index (κ1) is 14.5. The van der Waals surface area contributed by atoms with E-state index >= 15 is 0 Å². The van der Waals surface area contributed by atoms with Gasteiger partial charge in [-0.3, -0.25) is 4.79 Å². The summed E-state index contributed by atoms with van der Waals surface area (Å²) >= 11 is 0. The molecule has 0 atom stereocenters.